The Morgan fingerprint density at radius 2 is 1.96 bits per heavy atom. The van der Waals surface area contributed by atoms with Crippen molar-refractivity contribution in [2.45, 2.75) is 44.4 Å². The summed E-state index contributed by atoms with van der Waals surface area (Å²) in [7, 11) is 1.45. The number of likely N-dealkylation sites (tertiary alicyclic amines) is 1. The molecule has 1 aromatic rings. The molecule has 5 nitrogen and oxygen atoms in total. The van der Waals surface area contributed by atoms with Crippen LogP contribution < -0.4 is 0 Å². The molecule has 1 atom stereocenters. The van der Waals surface area contributed by atoms with E-state index in [9.17, 15) is 4.79 Å². The normalized spacial score (nSPS) is 24.3. The van der Waals surface area contributed by atoms with Crippen LogP contribution in [-0.4, -0.2) is 67.3 Å². The van der Waals surface area contributed by atoms with Gasteiger partial charge in [-0.3, -0.25) is 9.69 Å². The first-order chi connectivity index (χ1) is 12.1. The molecule has 1 spiro atoms. The Balaban J connectivity index is 1.54. The number of morpholine rings is 1. The van der Waals surface area contributed by atoms with E-state index in [1.807, 2.05) is 0 Å². The number of carbonyl (C=O) groups is 1. The average molecular weight is 346 g/mol. The van der Waals surface area contributed by atoms with Gasteiger partial charge in [-0.05, 0) is 25.3 Å². The first-order valence-corrected chi connectivity index (χ1v) is 9.32. The zero-order valence-electron chi connectivity index (χ0n) is 15.4. The maximum absolute atomic E-state index is 11.3. The topological polar surface area (TPSA) is 42.0 Å². The number of hydrogen-bond acceptors (Lipinski definition) is 5. The second kappa shape index (κ2) is 8.30. The van der Waals surface area contributed by atoms with Crippen molar-refractivity contribution >= 4 is 5.97 Å². The highest BCUT2D eigenvalue weighted by atomic mass is 16.5. The highest BCUT2D eigenvalue weighted by Crippen LogP contribution is 2.33. The number of nitrogens with zero attached hydrogens (tertiary/aromatic N) is 2. The summed E-state index contributed by atoms with van der Waals surface area (Å²) < 4.78 is 11.2. The van der Waals surface area contributed by atoms with Gasteiger partial charge in [-0.2, -0.15) is 0 Å². The highest BCUT2D eigenvalue weighted by Gasteiger charge is 2.41. The van der Waals surface area contributed by atoms with Gasteiger partial charge in [0.15, 0.2) is 0 Å². The number of carbonyl (C=O) groups excluding carboxylic acids is 1. The van der Waals surface area contributed by atoms with Gasteiger partial charge in [0.2, 0.25) is 0 Å². The van der Waals surface area contributed by atoms with Crippen LogP contribution in [0, 0.1) is 0 Å². The Kier molecular flexibility index (Phi) is 6.10. The van der Waals surface area contributed by atoms with Crippen LogP contribution in [0.15, 0.2) is 30.3 Å². The predicted molar refractivity (Wildman–Crippen MR) is 97.3 cm³/mol. The van der Waals surface area contributed by atoms with Crippen LogP contribution in [0.2, 0.25) is 0 Å². The first kappa shape index (κ1) is 18.4. The van der Waals surface area contributed by atoms with E-state index in [0.29, 0.717) is 6.42 Å². The smallest absolute Gasteiger partial charge is 0.306 e. The summed E-state index contributed by atoms with van der Waals surface area (Å²) in [5.74, 6) is -0.128. The molecule has 0 saturated carbocycles. The maximum atomic E-state index is 11.3. The molecule has 0 aromatic heterocycles. The Bertz CT molecular complexity index is 555. The lowest BCUT2D eigenvalue weighted by Gasteiger charge is -2.49. The van der Waals surface area contributed by atoms with Crippen molar-refractivity contribution < 1.29 is 14.3 Å². The second-order valence-corrected chi connectivity index (χ2v) is 7.43. The Labute approximate surface area is 150 Å². The van der Waals surface area contributed by atoms with Crippen molar-refractivity contribution in [1.82, 2.24) is 9.80 Å². The third-order valence-corrected chi connectivity index (χ3v) is 5.35. The van der Waals surface area contributed by atoms with Crippen molar-refractivity contribution in [2.24, 2.45) is 0 Å². The van der Waals surface area contributed by atoms with Crippen LogP contribution in [0.1, 0.15) is 31.7 Å². The van der Waals surface area contributed by atoms with Crippen LogP contribution in [-0.2, 0) is 20.8 Å². The van der Waals surface area contributed by atoms with E-state index in [1.165, 1.54) is 12.7 Å². The molecule has 2 heterocycles. The Morgan fingerprint density at radius 3 is 2.64 bits per heavy atom. The van der Waals surface area contributed by atoms with Crippen LogP contribution >= 0.6 is 0 Å². The molecule has 2 aliphatic rings. The van der Waals surface area contributed by atoms with E-state index < -0.39 is 0 Å². The molecule has 5 heteroatoms. The van der Waals surface area contributed by atoms with Gasteiger partial charge >= 0.3 is 5.97 Å². The monoisotopic (exact) mass is 346 g/mol. The number of piperidine rings is 1. The molecule has 0 aliphatic carbocycles. The van der Waals surface area contributed by atoms with Crippen molar-refractivity contribution in [1.29, 1.82) is 0 Å². The molecule has 2 saturated heterocycles. The van der Waals surface area contributed by atoms with E-state index in [4.69, 9.17) is 9.47 Å². The van der Waals surface area contributed by atoms with Gasteiger partial charge in [-0.1, -0.05) is 30.3 Å². The number of esters is 1. The molecule has 2 fully saturated rings. The fourth-order valence-corrected chi connectivity index (χ4v) is 4.11. The highest BCUT2D eigenvalue weighted by molar-refractivity contribution is 5.69. The maximum Gasteiger partial charge on any atom is 0.306 e. The fourth-order valence-electron chi connectivity index (χ4n) is 4.11. The first-order valence-electron chi connectivity index (χ1n) is 9.32. The third-order valence-electron chi connectivity index (χ3n) is 5.35. The molecule has 25 heavy (non-hydrogen) atoms. The van der Waals surface area contributed by atoms with Crippen LogP contribution in [0.4, 0.5) is 0 Å². The predicted octanol–water partition coefficient (Wildman–Crippen LogP) is 2.30. The Morgan fingerprint density at radius 1 is 1.24 bits per heavy atom. The van der Waals surface area contributed by atoms with E-state index >= 15 is 0 Å². The second-order valence-electron chi connectivity index (χ2n) is 7.43. The molecule has 2 aliphatic heterocycles. The molecule has 138 valence electrons. The molecule has 3 rings (SSSR count). The number of methoxy groups -OCH3 is 1. The van der Waals surface area contributed by atoms with Gasteiger partial charge in [0.05, 0.1) is 25.2 Å². The molecular weight excluding hydrogens is 316 g/mol. The summed E-state index contributed by atoms with van der Waals surface area (Å²) in [6.07, 6.45) is 2.80. The van der Waals surface area contributed by atoms with Crippen LogP contribution in [0.25, 0.3) is 0 Å². The molecule has 0 radical (unpaired) electrons. The summed E-state index contributed by atoms with van der Waals surface area (Å²) in [5.41, 5.74) is 1.33. The number of hydrogen-bond donors (Lipinski definition) is 0. The zero-order valence-corrected chi connectivity index (χ0v) is 15.4. The summed E-state index contributed by atoms with van der Waals surface area (Å²) in [6, 6.07) is 10.7. The minimum Gasteiger partial charge on any atom is -0.469 e. The van der Waals surface area contributed by atoms with Gasteiger partial charge in [0, 0.05) is 39.3 Å². The van der Waals surface area contributed by atoms with E-state index in [-0.39, 0.29) is 17.7 Å². The molecule has 1 unspecified atom stereocenters. The lowest BCUT2D eigenvalue weighted by molar-refractivity contribution is -0.171. The summed E-state index contributed by atoms with van der Waals surface area (Å²) >= 11 is 0. The average Bonchev–Trinajstić information content (AvgIpc) is 2.61. The SMILES string of the molecule is COC(=O)CCN1CCC2(CC1)CN(Cc1ccccc1)CC(C)O2. The standard InChI is InChI=1S/C20H30N2O3/c1-17-14-22(15-18-6-4-3-5-7-18)16-20(25-17)9-12-21(13-10-20)11-8-19(23)24-2/h3-7,17H,8-16H2,1-2H3. The molecule has 0 amide bonds. The minimum atomic E-state index is -0.128. The number of benzene rings is 1. The van der Waals surface area contributed by atoms with Gasteiger partial charge in [-0.15, -0.1) is 0 Å². The van der Waals surface area contributed by atoms with Crippen molar-refractivity contribution in [3.05, 3.63) is 35.9 Å². The third kappa shape index (κ3) is 5.03. The van der Waals surface area contributed by atoms with Crippen LogP contribution in [0.5, 0.6) is 0 Å². The number of ether oxygens (including phenoxy) is 2. The van der Waals surface area contributed by atoms with Crippen molar-refractivity contribution in [3.63, 3.8) is 0 Å². The summed E-state index contributed by atoms with van der Waals surface area (Å²) in [5, 5.41) is 0. The van der Waals surface area contributed by atoms with Gasteiger partial charge in [0.25, 0.3) is 0 Å². The van der Waals surface area contributed by atoms with Gasteiger partial charge in [-0.25, -0.2) is 0 Å². The summed E-state index contributed by atoms with van der Waals surface area (Å²) in [6.45, 7) is 7.92. The molecular formula is C20H30N2O3. The lowest BCUT2D eigenvalue weighted by Crippen LogP contribution is -2.58. The fraction of sp³-hybridized carbons (Fsp3) is 0.650. The minimum absolute atomic E-state index is 0.0335. The molecule has 0 N–H and O–H groups in total. The van der Waals surface area contributed by atoms with Crippen molar-refractivity contribution in [3.8, 4) is 0 Å². The van der Waals surface area contributed by atoms with E-state index in [1.54, 1.807) is 0 Å². The van der Waals surface area contributed by atoms with E-state index in [2.05, 4.69) is 47.1 Å². The van der Waals surface area contributed by atoms with E-state index in [0.717, 1.165) is 52.1 Å². The number of rotatable bonds is 5. The zero-order chi connectivity index (χ0) is 17.7. The largest absolute Gasteiger partial charge is 0.469 e. The van der Waals surface area contributed by atoms with Crippen LogP contribution in [0.3, 0.4) is 0 Å². The van der Waals surface area contributed by atoms with Gasteiger partial charge in [0.1, 0.15) is 0 Å². The molecule has 0 bridgehead atoms. The Hall–Kier alpha value is -1.43. The van der Waals surface area contributed by atoms with Crippen molar-refractivity contribution in [2.75, 3.05) is 39.8 Å². The lowest BCUT2D eigenvalue weighted by atomic mass is 9.88. The molecule has 1 aromatic carbocycles. The quantitative estimate of drug-likeness (QED) is 0.766. The summed E-state index contributed by atoms with van der Waals surface area (Å²) in [4.78, 5) is 16.2. The van der Waals surface area contributed by atoms with Gasteiger partial charge < -0.3 is 14.4 Å².